The van der Waals surface area contributed by atoms with E-state index in [1.165, 1.54) is 0 Å². The summed E-state index contributed by atoms with van der Waals surface area (Å²) in [5.41, 5.74) is 0. The summed E-state index contributed by atoms with van der Waals surface area (Å²) in [6, 6.07) is 7.22. The van der Waals surface area contributed by atoms with E-state index >= 15 is 0 Å². The van der Waals surface area contributed by atoms with E-state index in [0.29, 0.717) is 30.6 Å². The highest BCUT2D eigenvalue weighted by Crippen LogP contribution is 2.27. The molecule has 1 aromatic rings. The number of nitrogens with zero attached hydrogens (tertiary/aromatic N) is 1. The molecule has 1 saturated heterocycles. The summed E-state index contributed by atoms with van der Waals surface area (Å²) in [4.78, 5) is 14.0. The number of likely N-dealkylation sites (tertiary alicyclic amines) is 1. The van der Waals surface area contributed by atoms with Gasteiger partial charge in [0.15, 0.2) is 18.1 Å². The van der Waals surface area contributed by atoms with Crippen LogP contribution in [0.3, 0.4) is 0 Å². The number of para-hydroxylation sites is 2. The third kappa shape index (κ3) is 3.67. The number of carbonyl (C=O) groups excluding carboxylic acids is 1. The highest BCUT2D eigenvalue weighted by atomic mass is 16.5. The number of rotatable bonds is 6. The van der Waals surface area contributed by atoms with Gasteiger partial charge in [0.1, 0.15) is 0 Å². The number of hydrogen-bond donors (Lipinski definition) is 1. The van der Waals surface area contributed by atoms with Crippen LogP contribution in [-0.4, -0.2) is 48.3 Å². The SMILES string of the molecule is CCOc1ccccc1OCC(=O)N1CCC(C)C1CO. The Balaban J connectivity index is 1.95. The Hall–Kier alpha value is -1.75. The van der Waals surface area contributed by atoms with Crippen molar-refractivity contribution >= 4 is 5.91 Å². The monoisotopic (exact) mass is 293 g/mol. The molecule has 2 unspecified atom stereocenters. The van der Waals surface area contributed by atoms with E-state index in [2.05, 4.69) is 6.92 Å². The van der Waals surface area contributed by atoms with Crippen LogP contribution in [0.1, 0.15) is 20.3 Å². The lowest BCUT2D eigenvalue weighted by Crippen LogP contribution is -2.42. The Morgan fingerprint density at radius 3 is 2.62 bits per heavy atom. The average Bonchev–Trinajstić information content (AvgIpc) is 2.87. The molecule has 0 aliphatic carbocycles. The molecule has 0 radical (unpaired) electrons. The molecule has 1 amide bonds. The first-order valence-corrected chi connectivity index (χ1v) is 7.42. The molecular weight excluding hydrogens is 270 g/mol. The second-order valence-electron chi connectivity index (χ2n) is 5.27. The minimum atomic E-state index is -0.0942. The molecule has 0 saturated carbocycles. The Morgan fingerprint density at radius 2 is 2.00 bits per heavy atom. The van der Waals surface area contributed by atoms with Crippen molar-refractivity contribution in [3.05, 3.63) is 24.3 Å². The highest BCUT2D eigenvalue weighted by Gasteiger charge is 2.33. The smallest absolute Gasteiger partial charge is 0.260 e. The number of benzene rings is 1. The van der Waals surface area contributed by atoms with Gasteiger partial charge < -0.3 is 19.5 Å². The van der Waals surface area contributed by atoms with Gasteiger partial charge >= 0.3 is 0 Å². The molecule has 21 heavy (non-hydrogen) atoms. The molecule has 1 N–H and O–H groups in total. The molecule has 0 bridgehead atoms. The van der Waals surface area contributed by atoms with Crippen LogP contribution in [0.5, 0.6) is 11.5 Å². The summed E-state index contributed by atoms with van der Waals surface area (Å²) in [7, 11) is 0. The summed E-state index contributed by atoms with van der Waals surface area (Å²) in [6.45, 7) is 5.15. The van der Waals surface area contributed by atoms with Crippen LogP contribution < -0.4 is 9.47 Å². The second kappa shape index (κ2) is 7.31. The van der Waals surface area contributed by atoms with Crippen LogP contribution >= 0.6 is 0 Å². The lowest BCUT2D eigenvalue weighted by Gasteiger charge is -2.25. The fourth-order valence-electron chi connectivity index (χ4n) is 2.66. The summed E-state index contributed by atoms with van der Waals surface area (Å²) < 4.78 is 11.1. The van der Waals surface area contributed by atoms with E-state index in [-0.39, 0.29) is 25.2 Å². The van der Waals surface area contributed by atoms with Crippen molar-refractivity contribution < 1.29 is 19.4 Å². The molecule has 1 aliphatic rings. The molecule has 5 nitrogen and oxygen atoms in total. The zero-order valence-corrected chi connectivity index (χ0v) is 12.6. The van der Waals surface area contributed by atoms with Gasteiger partial charge in [-0.3, -0.25) is 4.79 Å². The fraction of sp³-hybridized carbons (Fsp3) is 0.562. The van der Waals surface area contributed by atoms with Crippen LogP contribution in [0, 0.1) is 5.92 Å². The van der Waals surface area contributed by atoms with Gasteiger partial charge in [0.25, 0.3) is 5.91 Å². The maximum Gasteiger partial charge on any atom is 0.260 e. The van der Waals surface area contributed by atoms with E-state index in [4.69, 9.17) is 9.47 Å². The largest absolute Gasteiger partial charge is 0.490 e. The first-order valence-electron chi connectivity index (χ1n) is 7.42. The predicted molar refractivity (Wildman–Crippen MR) is 79.5 cm³/mol. The first-order chi connectivity index (χ1) is 10.2. The molecule has 0 aromatic heterocycles. The van der Waals surface area contributed by atoms with Crippen LogP contribution in [0.4, 0.5) is 0 Å². The third-order valence-corrected chi connectivity index (χ3v) is 3.89. The van der Waals surface area contributed by atoms with Gasteiger partial charge in [0.2, 0.25) is 0 Å². The number of ether oxygens (including phenoxy) is 2. The molecule has 1 heterocycles. The highest BCUT2D eigenvalue weighted by molar-refractivity contribution is 5.78. The van der Waals surface area contributed by atoms with Crippen molar-refractivity contribution in [3.63, 3.8) is 0 Å². The summed E-state index contributed by atoms with van der Waals surface area (Å²) in [5.74, 6) is 1.45. The van der Waals surface area contributed by atoms with Crippen molar-refractivity contribution in [2.75, 3.05) is 26.4 Å². The molecule has 1 aliphatic heterocycles. The van der Waals surface area contributed by atoms with Crippen LogP contribution in [-0.2, 0) is 4.79 Å². The van der Waals surface area contributed by atoms with Crippen molar-refractivity contribution in [2.45, 2.75) is 26.3 Å². The maximum absolute atomic E-state index is 12.3. The van der Waals surface area contributed by atoms with Crippen molar-refractivity contribution in [2.24, 2.45) is 5.92 Å². The van der Waals surface area contributed by atoms with Crippen molar-refractivity contribution in [3.8, 4) is 11.5 Å². The van der Waals surface area contributed by atoms with Crippen LogP contribution in [0.2, 0.25) is 0 Å². The molecule has 2 rings (SSSR count). The minimum Gasteiger partial charge on any atom is -0.490 e. The Kier molecular flexibility index (Phi) is 5.44. The number of amides is 1. The van der Waals surface area contributed by atoms with E-state index < -0.39 is 0 Å². The zero-order chi connectivity index (χ0) is 15.2. The quantitative estimate of drug-likeness (QED) is 0.867. The van der Waals surface area contributed by atoms with E-state index in [1.54, 1.807) is 11.0 Å². The third-order valence-electron chi connectivity index (χ3n) is 3.89. The molecule has 2 atom stereocenters. The van der Waals surface area contributed by atoms with Gasteiger partial charge in [-0.25, -0.2) is 0 Å². The number of carbonyl (C=O) groups is 1. The average molecular weight is 293 g/mol. The fourth-order valence-corrected chi connectivity index (χ4v) is 2.66. The van der Waals surface area contributed by atoms with Gasteiger partial charge in [-0.15, -0.1) is 0 Å². The van der Waals surface area contributed by atoms with Crippen molar-refractivity contribution in [1.82, 2.24) is 4.90 Å². The molecule has 1 fully saturated rings. The van der Waals surface area contributed by atoms with Gasteiger partial charge in [-0.2, -0.15) is 0 Å². The van der Waals surface area contributed by atoms with Crippen LogP contribution in [0.25, 0.3) is 0 Å². The zero-order valence-electron chi connectivity index (χ0n) is 12.6. The van der Waals surface area contributed by atoms with Gasteiger partial charge in [-0.05, 0) is 31.4 Å². The van der Waals surface area contributed by atoms with Crippen LogP contribution in [0.15, 0.2) is 24.3 Å². The normalized spacial score (nSPS) is 21.4. The lowest BCUT2D eigenvalue weighted by atomic mass is 10.0. The summed E-state index contributed by atoms with van der Waals surface area (Å²) >= 11 is 0. The second-order valence-corrected chi connectivity index (χ2v) is 5.27. The van der Waals surface area contributed by atoms with Crippen molar-refractivity contribution in [1.29, 1.82) is 0 Å². The Bertz CT molecular complexity index is 477. The standard InChI is InChI=1S/C16H23NO4/c1-3-20-14-6-4-5-7-15(14)21-11-16(19)17-9-8-12(2)13(17)10-18/h4-7,12-13,18H,3,8-11H2,1-2H3. The van der Waals surface area contributed by atoms with Gasteiger partial charge in [-0.1, -0.05) is 19.1 Å². The van der Waals surface area contributed by atoms with Gasteiger partial charge in [0, 0.05) is 6.54 Å². The number of aliphatic hydroxyl groups excluding tert-OH is 1. The van der Waals surface area contributed by atoms with E-state index in [1.807, 2.05) is 25.1 Å². The predicted octanol–water partition coefficient (Wildman–Crippen LogP) is 1.69. The summed E-state index contributed by atoms with van der Waals surface area (Å²) in [6.07, 6.45) is 0.923. The number of aliphatic hydroxyl groups is 1. The Morgan fingerprint density at radius 1 is 1.33 bits per heavy atom. The number of hydrogen-bond acceptors (Lipinski definition) is 4. The van der Waals surface area contributed by atoms with E-state index in [0.717, 1.165) is 6.42 Å². The molecule has 5 heteroatoms. The first kappa shape index (κ1) is 15.6. The molecule has 0 spiro atoms. The minimum absolute atomic E-state index is 0.00242. The maximum atomic E-state index is 12.3. The topological polar surface area (TPSA) is 59.0 Å². The Labute approximate surface area is 125 Å². The van der Waals surface area contributed by atoms with Gasteiger partial charge in [0.05, 0.1) is 19.3 Å². The summed E-state index contributed by atoms with van der Waals surface area (Å²) in [5, 5.41) is 9.40. The van der Waals surface area contributed by atoms with E-state index in [9.17, 15) is 9.90 Å². The molecule has 1 aromatic carbocycles. The molecular formula is C16H23NO4. The lowest BCUT2D eigenvalue weighted by molar-refractivity contribution is -0.135. The molecule has 116 valence electrons.